The highest BCUT2D eigenvalue weighted by Gasteiger charge is 2.34. The van der Waals surface area contributed by atoms with E-state index in [0.29, 0.717) is 11.2 Å². The number of aromatic nitrogens is 1. The van der Waals surface area contributed by atoms with Gasteiger partial charge in [-0.2, -0.15) is 4.37 Å². The molecule has 0 radical (unpaired) electrons. The topological polar surface area (TPSA) is 60.2 Å². The second-order valence-electron chi connectivity index (χ2n) is 7.05. The summed E-state index contributed by atoms with van der Waals surface area (Å²) in [6.07, 6.45) is 6.76. The summed E-state index contributed by atoms with van der Waals surface area (Å²) in [7, 11) is 0. The molecule has 1 fully saturated rings. The van der Waals surface area contributed by atoms with E-state index in [1.54, 1.807) is 0 Å². The van der Waals surface area contributed by atoms with Gasteiger partial charge in [-0.25, -0.2) is 0 Å². The molecule has 1 aromatic rings. The van der Waals surface area contributed by atoms with Crippen molar-refractivity contribution in [2.45, 2.75) is 65.9 Å². The number of nitrogens with one attached hydrogen (secondary N) is 1. The zero-order valence-corrected chi connectivity index (χ0v) is 14.6. The van der Waals surface area contributed by atoms with Crippen molar-refractivity contribution in [2.24, 2.45) is 11.3 Å². The van der Waals surface area contributed by atoms with Crippen LogP contribution < -0.4 is 15.8 Å². The number of rotatable bonds is 7. The molecule has 5 heteroatoms. The van der Waals surface area contributed by atoms with Crippen molar-refractivity contribution in [1.29, 1.82) is 0 Å². The standard InChI is InChI=1S/C16H29N3OS/c1-11(2)9-16(7-5-6-8-16)10-18-15-13(20-12(3)4)14(17)19-21-15/h11-12,18H,5-10H2,1-4H3,(H2,17,19). The van der Waals surface area contributed by atoms with Gasteiger partial charge in [0.25, 0.3) is 0 Å². The van der Waals surface area contributed by atoms with Crippen LogP contribution in [0.15, 0.2) is 0 Å². The maximum Gasteiger partial charge on any atom is 0.197 e. The Kier molecular flexibility index (Phi) is 5.36. The molecular formula is C16H29N3OS. The van der Waals surface area contributed by atoms with Gasteiger partial charge < -0.3 is 15.8 Å². The largest absolute Gasteiger partial charge is 0.484 e. The average Bonchev–Trinajstić information content (AvgIpc) is 2.96. The highest BCUT2D eigenvalue weighted by molar-refractivity contribution is 7.11. The summed E-state index contributed by atoms with van der Waals surface area (Å²) in [4.78, 5) is 0. The van der Waals surface area contributed by atoms with Gasteiger partial charge in [0.2, 0.25) is 0 Å². The molecule has 0 atom stereocenters. The number of nitrogens with zero attached hydrogens (tertiary/aromatic N) is 1. The van der Waals surface area contributed by atoms with Crippen LogP contribution in [0.2, 0.25) is 0 Å². The minimum absolute atomic E-state index is 0.111. The first kappa shape index (κ1) is 16.4. The molecule has 3 N–H and O–H groups in total. The zero-order valence-electron chi connectivity index (χ0n) is 13.7. The highest BCUT2D eigenvalue weighted by Crippen LogP contribution is 2.44. The Morgan fingerprint density at radius 1 is 1.29 bits per heavy atom. The van der Waals surface area contributed by atoms with E-state index < -0.39 is 0 Å². The molecule has 0 aromatic carbocycles. The number of hydrogen-bond acceptors (Lipinski definition) is 5. The average molecular weight is 311 g/mol. The Labute approximate surface area is 132 Å². The number of nitrogen functional groups attached to an aromatic ring is 1. The molecule has 0 spiro atoms. The molecule has 2 rings (SSSR count). The van der Waals surface area contributed by atoms with Gasteiger partial charge in [-0.1, -0.05) is 26.7 Å². The Hall–Kier alpha value is -0.970. The Morgan fingerprint density at radius 3 is 2.52 bits per heavy atom. The molecule has 0 bridgehead atoms. The van der Waals surface area contributed by atoms with Crippen LogP contribution in [-0.2, 0) is 0 Å². The summed E-state index contributed by atoms with van der Waals surface area (Å²) in [5.41, 5.74) is 6.35. The fraction of sp³-hybridized carbons (Fsp3) is 0.812. The van der Waals surface area contributed by atoms with Crippen LogP contribution in [0.1, 0.15) is 59.8 Å². The van der Waals surface area contributed by atoms with Gasteiger partial charge in [-0.3, -0.25) is 0 Å². The van der Waals surface area contributed by atoms with Crippen molar-refractivity contribution in [3.63, 3.8) is 0 Å². The second-order valence-corrected chi connectivity index (χ2v) is 7.82. The molecule has 4 nitrogen and oxygen atoms in total. The minimum Gasteiger partial charge on any atom is -0.484 e. The minimum atomic E-state index is 0.111. The predicted octanol–water partition coefficient (Wildman–Crippen LogP) is 4.53. The van der Waals surface area contributed by atoms with E-state index in [1.807, 2.05) is 13.8 Å². The first-order chi connectivity index (χ1) is 9.92. The summed E-state index contributed by atoms with van der Waals surface area (Å²) in [6, 6.07) is 0. The SMILES string of the molecule is CC(C)CC1(CNc2snc(N)c2OC(C)C)CCCC1. The lowest BCUT2D eigenvalue weighted by Gasteiger charge is -2.31. The zero-order chi connectivity index (χ0) is 15.5. The number of ether oxygens (including phenoxy) is 1. The van der Waals surface area contributed by atoms with Gasteiger partial charge in [0.05, 0.1) is 6.10 Å². The highest BCUT2D eigenvalue weighted by atomic mass is 32.1. The lowest BCUT2D eigenvalue weighted by atomic mass is 9.78. The van der Waals surface area contributed by atoms with E-state index in [4.69, 9.17) is 10.5 Å². The van der Waals surface area contributed by atoms with E-state index in [0.717, 1.165) is 23.2 Å². The lowest BCUT2D eigenvalue weighted by molar-refractivity contribution is 0.242. The normalized spacial score (nSPS) is 17.6. The van der Waals surface area contributed by atoms with E-state index >= 15 is 0 Å². The van der Waals surface area contributed by atoms with Crippen LogP contribution in [-0.4, -0.2) is 17.0 Å². The summed E-state index contributed by atoms with van der Waals surface area (Å²) in [5, 5.41) is 4.56. The molecule has 120 valence electrons. The van der Waals surface area contributed by atoms with Gasteiger partial charge in [0.1, 0.15) is 0 Å². The summed E-state index contributed by atoms with van der Waals surface area (Å²) in [6.45, 7) is 9.66. The third-order valence-electron chi connectivity index (χ3n) is 4.16. The molecule has 0 amide bonds. The van der Waals surface area contributed by atoms with Crippen molar-refractivity contribution >= 4 is 22.4 Å². The Bertz CT molecular complexity index is 450. The van der Waals surface area contributed by atoms with Gasteiger partial charge in [-0.15, -0.1) is 0 Å². The van der Waals surface area contributed by atoms with Crippen molar-refractivity contribution in [1.82, 2.24) is 4.37 Å². The Morgan fingerprint density at radius 2 is 1.95 bits per heavy atom. The molecule has 1 aliphatic rings. The van der Waals surface area contributed by atoms with Crippen molar-refractivity contribution in [3.05, 3.63) is 0 Å². The number of anilines is 2. The fourth-order valence-corrected chi connectivity index (χ4v) is 4.11. The number of hydrogen-bond donors (Lipinski definition) is 2. The molecule has 1 saturated carbocycles. The maximum absolute atomic E-state index is 5.92. The van der Waals surface area contributed by atoms with Crippen molar-refractivity contribution in [2.75, 3.05) is 17.6 Å². The predicted molar refractivity (Wildman–Crippen MR) is 91.1 cm³/mol. The van der Waals surface area contributed by atoms with Gasteiger partial charge in [0, 0.05) is 6.54 Å². The molecular weight excluding hydrogens is 282 g/mol. The first-order valence-corrected chi connectivity index (χ1v) is 8.85. The fourth-order valence-electron chi connectivity index (χ4n) is 3.47. The van der Waals surface area contributed by atoms with Crippen LogP contribution in [0.25, 0.3) is 0 Å². The second kappa shape index (κ2) is 6.86. The van der Waals surface area contributed by atoms with E-state index in [2.05, 4.69) is 23.5 Å². The van der Waals surface area contributed by atoms with Crippen LogP contribution in [0.5, 0.6) is 5.75 Å². The molecule has 0 unspecified atom stereocenters. The molecule has 1 aliphatic carbocycles. The van der Waals surface area contributed by atoms with Gasteiger partial charge >= 0.3 is 0 Å². The third-order valence-corrected chi connectivity index (χ3v) is 4.96. The van der Waals surface area contributed by atoms with Crippen molar-refractivity contribution < 1.29 is 4.74 Å². The molecule has 1 aromatic heterocycles. The third kappa shape index (κ3) is 4.25. The van der Waals surface area contributed by atoms with Crippen LogP contribution >= 0.6 is 11.5 Å². The lowest BCUT2D eigenvalue weighted by Crippen LogP contribution is -2.28. The van der Waals surface area contributed by atoms with Crippen molar-refractivity contribution in [3.8, 4) is 5.75 Å². The van der Waals surface area contributed by atoms with E-state index in [-0.39, 0.29) is 6.10 Å². The maximum atomic E-state index is 5.92. The van der Waals surface area contributed by atoms with E-state index in [9.17, 15) is 0 Å². The first-order valence-electron chi connectivity index (χ1n) is 8.07. The van der Waals surface area contributed by atoms with Gasteiger partial charge in [-0.05, 0) is 56.0 Å². The number of nitrogens with two attached hydrogens (primary N) is 1. The molecule has 21 heavy (non-hydrogen) atoms. The van der Waals surface area contributed by atoms with E-state index in [1.165, 1.54) is 43.6 Å². The van der Waals surface area contributed by atoms with Crippen LogP contribution in [0, 0.1) is 11.3 Å². The summed E-state index contributed by atoms with van der Waals surface area (Å²) >= 11 is 1.41. The molecule has 0 saturated heterocycles. The summed E-state index contributed by atoms with van der Waals surface area (Å²) < 4.78 is 10.0. The molecule has 0 aliphatic heterocycles. The van der Waals surface area contributed by atoms with Gasteiger partial charge in [0.15, 0.2) is 16.6 Å². The molecule has 1 heterocycles. The monoisotopic (exact) mass is 311 g/mol. The Balaban J connectivity index is 2.04. The van der Waals surface area contributed by atoms with Crippen LogP contribution in [0.4, 0.5) is 10.8 Å². The summed E-state index contributed by atoms with van der Waals surface area (Å²) in [5.74, 6) is 1.97. The van der Waals surface area contributed by atoms with Crippen LogP contribution in [0.3, 0.4) is 0 Å². The smallest absolute Gasteiger partial charge is 0.197 e. The quantitative estimate of drug-likeness (QED) is 0.776.